The van der Waals surface area contributed by atoms with Crippen molar-refractivity contribution < 1.29 is 13.9 Å². The summed E-state index contributed by atoms with van der Waals surface area (Å²) in [4.78, 5) is 0. The molecule has 1 N–H and O–H groups in total. The van der Waals surface area contributed by atoms with Crippen LogP contribution in [0.5, 0.6) is 0 Å². The normalized spacial score (nSPS) is 13.2. The molecule has 0 spiro atoms. The molecule has 0 unspecified atom stereocenters. The highest BCUT2D eigenvalue weighted by Gasteiger charge is 2.42. The Morgan fingerprint density at radius 1 is 1.00 bits per heavy atom. The van der Waals surface area contributed by atoms with Crippen LogP contribution in [0.25, 0.3) is 0 Å². The van der Waals surface area contributed by atoms with Crippen molar-refractivity contribution in [3.8, 4) is 11.5 Å². The molecule has 0 aromatic heterocycles. The summed E-state index contributed by atoms with van der Waals surface area (Å²) in [5, 5.41) is 8.57. The Bertz CT molecular complexity index is 279. The maximum atomic E-state index is 13.1. The highest BCUT2D eigenvalue weighted by molar-refractivity contribution is 6.90. The number of hydrogen-bond acceptors (Lipinski definition) is 1. The Kier molecular flexibility index (Phi) is 5.83. The van der Waals surface area contributed by atoms with E-state index in [9.17, 15) is 8.78 Å². The van der Waals surface area contributed by atoms with E-state index in [-0.39, 0.29) is 0 Å². The predicted molar refractivity (Wildman–Crippen MR) is 70.9 cm³/mol. The van der Waals surface area contributed by atoms with Gasteiger partial charge in [-0.2, -0.15) is 8.78 Å². The second-order valence-electron chi connectivity index (χ2n) is 5.51. The van der Waals surface area contributed by atoms with E-state index >= 15 is 0 Å². The zero-order valence-electron chi connectivity index (χ0n) is 11.6. The number of rotatable bonds is 4. The Hall–Kier alpha value is -0.403. The summed E-state index contributed by atoms with van der Waals surface area (Å²) in [7, 11) is -2.11. The summed E-state index contributed by atoms with van der Waals surface area (Å²) < 4.78 is 26.1. The lowest BCUT2D eigenvalue weighted by Gasteiger charge is -2.38. The smallest absolute Gasteiger partial charge is 0.330 e. The van der Waals surface area contributed by atoms with Crippen molar-refractivity contribution in [2.75, 3.05) is 6.61 Å². The van der Waals surface area contributed by atoms with Gasteiger partial charge in [-0.1, -0.05) is 41.5 Å². The molecule has 0 amide bonds. The zero-order valence-corrected chi connectivity index (χ0v) is 12.6. The first kappa shape index (κ1) is 16.6. The minimum atomic E-state index is -3.27. The molecule has 0 fully saturated rings. The summed E-state index contributed by atoms with van der Waals surface area (Å²) in [5.41, 5.74) is 3.87. The SMILES string of the molecule is CC(C)[Si](C#CC(F)(F)CO)(C(C)C)C(C)C. The van der Waals surface area contributed by atoms with E-state index in [1.165, 1.54) is 0 Å². The van der Waals surface area contributed by atoms with E-state index in [1.54, 1.807) is 0 Å². The van der Waals surface area contributed by atoms with Crippen molar-refractivity contribution in [1.82, 2.24) is 0 Å². The van der Waals surface area contributed by atoms with Crippen LogP contribution in [0.4, 0.5) is 8.78 Å². The molecular formula is C13H24F2OSi. The highest BCUT2D eigenvalue weighted by Crippen LogP contribution is 2.40. The van der Waals surface area contributed by atoms with Crippen molar-refractivity contribution in [3.05, 3.63) is 0 Å². The number of aliphatic hydroxyl groups is 1. The van der Waals surface area contributed by atoms with Crippen molar-refractivity contribution in [3.63, 3.8) is 0 Å². The Balaban J connectivity index is 5.49. The fraction of sp³-hybridized carbons (Fsp3) is 0.846. The van der Waals surface area contributed by atoms with Crippen molar-refractivity contribution in [2.45, 2.75) is 64.1 Å². The highest BCUT2D eigenvalue weighted by atomic mass is 28.3. The summed E-state index contributed by atoms with van der Waals surface area (Å²) in [6.07, 6.45) is 0. The van der Waals surface area contributed by atoms with Crippen LogP contribution in [0.2, 0.25) is 16.6 Å². The molecule has 0 atom stereocenters. The van der Waals surface area contributed by atoms with Gasteiger partial charge in [0.25, 0.3) is 0 Å². The summed E-state index contributed by atoms with van der Waals surface area (Å²) in [5.74, 6) is -1.24. The molecule has 0 saturated carbocycles. The topological polar surface area (TPSA) is 20.2 Å². The second-order valence-corrected chi connectivity index (χ2v) is 11.1. The van der Waals surface area contributed by atoms with Gasteiger partial charge >= 0.3 is 5.92 Å². The molecular weight excluding hydrogens is 238 g/mol. The zero-order chi connectivity index (χ0) is 13.9. The summed E-state index contributed by atoms with van der Waals surface area (Å²) in [6, 6.07) is 0. The lowest BCUT2D eigenvalue weighted by Crippen LogP contribution is -2.43. The molecule has 0 aliphatic carbocycles. The van der Waals surface area contributed by atoms with Crippen LogP contribution in [0.3, 0.4) is 0 Å². The fourth-order valence-electron chi connectivity index (χ4n) is 2.67. The molecule has 0 rings (SSSR count). The maximum absolute atomic E-state index is 13.1. The summed E-state index contributed by atoms with van der Waals surface area (Å²) in [6.45, 7) is 11.2. The molecule has 0 bridgehead atoms. The van der Waals surface area contributed by atoms with Crippen LogP contribution >= 0.6 is 0 Å². The average molecular weight is 262 g/mol. The van der Waals surface area contributed by atoms with Crippen LogP contribution in [-0.2, 0) is 0 Å². The molecule has 0 aliphatic heterocycles. The van der Waals surface area contributed by atoms with Crippen LogP contribution < -0.4 is 0 Å². The van der Waals surface area contributed by atoms with E-state index in [4.69, 9.17) is 5.11 Å². The first-order chi connectivity index (χ1) is 7.60. The molecule has 0 aliphatic rings. The van der Waals surface area contributed by atoms with Gasteiger partial charge in [0.15, 0.2) is 0 Å². The first-order valence-corrected chi connectivity index (χ1v) is 8.36. The number of aliphatic hydroxyl groups excluding tert-OH is 1. The van der Waals surface area contributed by atoms with E-state index in [0.717, 1.165) is 0 Å². The van der Waals surface area contributed by atoms with Gasteiger partial charge in [-0.05, 0) is 22.5 Å². The molecule has 0 saturated heterocycles. The standard InChI is InChI=1S/C13H24F2OSi/c1-10(2)17(11(3)4,12(5)6)8-7-13(14,15)9-16/h10-12,16H,9H2,1-6H3. The van der Waals surface area contributed by atoms with Gasteiger partial charge < -0.3 is 5.11 Å². The van der Waals surface area contributed by atoms with Crippen LogP contribution in [0, 0.1) is 11.5 Å². The quantitative estimate of drug-likeness (QED) is 0.603. The lowest BCUT2D eigenvalue weighted by molar-refractivity contribution is 0.00435. The Labute approximate surface area is 105 Å². The van der Waals surface area contributed by atoms with Gasteiger partial charge in [0.2, 0.25) is 0 Å². The molecule has 1 nitrogen and oxygen atoms in total. The van der Waals surface area contributed by atoms with Crippen molar-refractivity contribution in [1.29, 1.82) is 0 Å². The number of alkyl halides is 2. The Morgan fingerprint density at radius 2 is 1.35 bits per heavy atom. The van der Waals surface area contributed by atoms with E-state index in [1.807, 2.05) is 5.92 Å². The molecule has 0 aromatic rings. The molecule has 0 heterocycles. The van der Waals surface area contributed by atoms with Crippen molar-refractivity contribution >= 4 is 8.07 Å². The second kappa shape index (κ2) is 5.97. The van der Waals surface area contributed by atoms with E-state index in [2.05, 4.69) is 47.1 Å². The number of halogens is 2. The molecule has 100 valence electrons. The van der Waals surface area contributed by atoms with Crippen molar-refractivity contribution in [2.24, 2.45) is 0 Å². The molecule has 0 aromatic carbocycles. The molecule has 4 heteroatoms. The number of hydrogen-bond donors (Lipinski definition) is 1. The van der Waals surface area contributed by atoms with Gasteiger partial charge in [0.05, 0.1) is 0 Å². The van der Waals surface area contributed by atoms with Crippen LogP contribution in [-0.4, -0.2) is 25.7 Å². The lowest BCUT2D eigenvalue weighted by atomic mass is 10.4. The van der Waals surface area contributed by atoms with Crippen LogP contribution in [0.1, 0.15) is 41.5 Å². The van der Waals surface area contributed by atoms with Crippen LogP contribution in [0.15, 0.2) is 0 Å². The fourth-order valence-corrected chi connectivity index (χ4v) is 7.94. The minimum absolute atomic E-state index is 0.324. The first-order valence-electron chi connectivity index (χ1n) is 6.13. The monoisotopic (exact) mass is 262 g/mol. The predicted octanol–water partition coefficient (Wildman–Crippen LogP) is 3.84. The van der Waals surface area contributed by atoms with Gasteiger partial charge in [-0.15, -0.1) is 5.54 Å². The minimum Gasteiger partial charge on any atom is -0.389 e. The maximum Gasteiger partial charge on any atom is 0.330 e. The Morgan fingerprint density at radius 3 is 1.59 bits per heavy atom. The van der Waals surface area contributed by atoms with Gasteiger partial charge in [-0.3, -0.25) is 0 Å². The van der Waals surface area contributed by atoms with Gasteiger partial charge in [0, 0.05) is 0 Å². The molecule has 0 radical (unpaired) electrons. The molecule has 17 heavy (non-hydrogen) atoms. The summed E-state index contributed by atoms with van der Waals surface area (Å²) >= 11 is 0. The largest absolute Gasteiger partial charge is 0.389 e. The third-order valence-corrected chi connectivity index (χ3v) is 9.82. The van der Waals surface area contributed by atoms with E-state index in [0.29, 0.717) is 16.6 Å². The third-order valence-electron chi connectivity index (χ3n) is 3.53. The van der Waals surface area contributed by atoms with E-state index < -0.39 is 20.6 Å². The van der Waals surface area contributed by atoms with Gasteiger partial charge in [-0.25, -0.2) is 0 Å². The third kappa shape index (κ3) is 3.79. The van der Waals surface area contributed by atoms with Gasteiger partial charge in [0.1, 0.15) is 14.7 Å². The average Bonchev–Trinajstić information content (AvgIpc) is 2.16.